The molecule has 0 atom stereocenters. The first-order valence-corrected chi connectivity index (χ1v) is 10.4. The molecular weight excluding hydrogens is 462 g/mol. The van der Waals surface area contributed by atoms with Crippen molar-refractivity contribution in [2.45, 2.75) is 34.2 Å². The Kier molecular flexibility index (Phi) is 6.74. The van der Waals surface area contributed by atoms with Gasteiger partial charge in [-0.3, -0.25) is 14.3 Å². The summed E-state index contributed by atoms with van der Waals surface area (Å²) in [5.41, 5.74) is 4.04. The lowest BCUT2D eigenvalue weighted by atomic mass is 9.95. The number of hydrogen-bond donors (Lipinski definition) is 2. The van der Waals surface area contributed by atoms with Crippen LogP contribution >= 0.6 is 15.9 Å². The molecule has 0 spiro atoms. The van der Waals surface area contributed by atoms with Gasteiger partial charge in [-0.2, -0.15) is 10.2 Å². The lowest BCUT2D eigenvalue weighted by Crippen LogP contribution is -2.27. The molecule has 3 aromatic rings. The molecule has 9 heteroatoms. The summed E-state index contributed by atoms with van der Waals surface area (Å²) in [7, 11) is 0. The van der Waals surface area contributed by atoms with Crippen LogP contribution in [0.2, 0.25) is 0 Å². The highest BCUT2D eigenvalue weighted by atomic mass is 79.9. The Labute approximate surface area is 188 Å². The second-order valence-electron chi connectivity index (χ2n) is 8.05. The molecule has 2 heterocycles. The zero-order chi connectivity index (χ0) is 22.6. The normalized spacial score (nSPS) is 12.0. The molecule has 2 N–H and O–H groups in total. The van der Waals surface area contributed by atoms with Gasteiger partial charge in [0.05, 0.1) is 22.9 Å². The van der Waals surface area contributed by atoms with E-state index in [1.165, 1.54) is 0 Å². The van der Waals surface area contributed by atoms with Crippen molar-refractivity contribution in [2.75, 3.05) is 5.32 Å². The van der Waals surface area contributed by atoms with Gasteiger partial charge in [0.1, 0.15) is 5.76 Å². The third kappa shape index (κ3) is 6.14. The smallest absolute Gasteiger partial charge is 0.307 e. The van der Waals surface area contributed by atoms with E-state index >= 15 is 0 Å². The average Bonchev–Trinajstić information content (AvgIpc) is 3.34. The topological polar surface area (TPSA) is 102 Å². The summed E-state index contributed by atoms with van der Waals surface area (Å²) < 4.78 is 8.14. The lowest BCUT2D eigenvalue weighted by molar-refractivity contribution is -0.123. The minimum absolute atomic E-state index is 0.0800. The van der Waals surface area contributed by atoms with E-state index in [1.807, 2.05) is 51.2 Å². The van der Waals surface area contributed by atoms with E-state index in [-0.39, 0.29) is 11.7 Å². The van der Waals surface area contributed by atoms with Crippen molar-refractivity contribution in [2.24, 2.45) is 10.5 Å². The van der Waals surface area contributed by atoms with Gasteiger partial charge in [0.2, 0.25) is 5.91 Å². The van der Waals surface area contributed by atoms with Crippen molar-refractivity contribution < 1.29 is 14.0 Å². The quantitative estimate of drug-likeness (QED) is 0.398. The van der Waals surface area contributed by atoms with E-state index in [2.05, 4.69) is 36.9 Å². The Morgan fingerprint density at radius 3 is 2.68 bits per heavy atom. The van der Waals surface area contributed by atoms with Crippen molar-refractivity contribution in [3.8, 4) is 0 Å². The Balaban J connectivity index is 1.63. The van der Waals surface area contributed by atoms with Crippen LogP contribution in [-0.2, 0) is 11.3 Å². The number of nitrogens with zero attached hydrogens (tertiary/aromatic N) is 3. The van der Waals surface area contributed by atoms with Gasteiger partial charge in [0.15, 0.2) is 5.76 Å². The van der Waals surface area contributed by atoms with Crippen molar-refractivity contribution in [1.29, 1.82) is 0 Å². The summed E-state index contributed by atoms with van der Waals surface area (Å²) >= 11 is 3.34. The van der Waals surface area contributed by atoms with Crippen LogP contribution in [0.3, 0.4) is 0 Å². The van der Waals surface area contributed by atoms with Crippen LogP contribution in [0.25, 0.3) is 0 Å². The number of hydrazone groups is 1. The number of nitrogens with one attached hydrogen (secondary N) is 2. The average molecular weight is 486 g/mol. The number of aromatic nitrogens is 2. The van der Waals surface area contributed by atoms with Gasteiger partial charge in [-0.15, -0.1) is 0 Å². The van der Waals surface area contributed by atoms with Crippen LogP contribution in [0, 0.1) is 5.41 Å². The maximum absolute atomic E-state index is 12.4. The Morgan fingerprint density at radius 2 is 2.00 bits per heavy atom. The van der Waals surface area contributed by atoms with E-state index in [9.17, 15) is 9.59 Å². The van der Waals surface area contributed by atoms with Gasteiger partial charge in [-0.05, 0) is 52.7 Å². The maximum Gasteiger partial charge on any atom is 0.307 e. The van der Waals surface area contributed by atoms with E-state index in [1.54, 1.807) is 29.9 Å². The van der Waals surface area contributed by atoms with Crippen LogP contribution < -0.4 is 10.7 Å². The molecule has 0 bridgehead atoms. The van der Waals surface area contributed by atoms with Crippen molar-refractivity contribution in [3.63, 3.8) is 0 Å². The highest BCUT2D eigenvalue weighted by molar-refractivity contribution is 9.10. The third-order valence-electron chi connectivity index (χ3n) is 4.35. The van der Waals surface area contributed by atoms with Crippen LogP contribution in [0.1, 0.15) is 49.6 Å². The number of hydrogen-bond acceptors (Lipinski definition) is 5. The second-order valence-corrected chi connectivity index (χ2v) is 8.96. The molecule has 1 aromatic carbocycles. The number of furan rings is 1. The Hall–Kier alpha value is -3.20. The zero-order valence-corrected chi connectivity index (χ0v) is 19.4. The van der Waals surface area contributed by atoms with Crippen LogP contribution in [0.4, 0.5) is 5.69 Å². The van der Waals surface area contributed by atoms with Crippen molar-refractivity contribution in [1.82, 2.24) is 15.2 Å². The molecule has 31 heavy (non-hydrogen) atoms. The predicted molar refractivity (Wildman–Crippen MR) is 122 cm³/mol. The van der Waals surface area contributed by atoms with Gasteiger partial charge in [0, 0.05) is 17.3 Å². The molecule has 2 amide bonds. The highest BCUT2D eigenvalue weighted by Crippen LogP contribution is 2.18. The van der Waals surface area contributed by atoms with E-state index in [0.29, 0.717) is 23.7 Å². The van der Waals surface area contributed by atoms with E-state index in [4.69, 9.17) is 4.42 Å². The van der Waals surface area contributed by atoms with Gasteiger partial charge >= 0.3 is 5.91 Å². The highest BCUT2D eigenvalue weighted by Gasteiger charge is 2.21. The van der Waals surface area contributed by atoms with Gasteiger partial charge in [0.25, 0.3) is 0 Å². The lowest BCUT2D eigenvalue weighted by Gasteiger charge is -2.18. The first kappa shape index (κ1) is 22.5. The monoisotopic (exact) mass is 485 g/mol. The maximum atomic E-state index is 12.4. The van der Waals surface area contributed by atoms with E-state index < -0.39 is 11.3 Å². The summed E-state index contributed by atoms with van der Waals surface area (Å²) in [5.74, 6) is 0.223. The van der Waals surface area contributed by atoms with E-state index in [0.717, 1.165) is 10.0 Å². The number of carbonyl (C=O) groups excluding carboxylic acids is 2. The Bertz CT molecular complexity index is 1120. The number of halogens is 1. The molecule has 162 valence electrons. The molecule has 0 saturated heterocycles. The molecule has 8 nitrogen and oxygen atoms in total. The molecule has 0 fully saturated rings. The molecule has 0 aliphatic heterocycles. The largest absolute Gasteiger partial charge is 0.454 e. The standard InChI is InChI=1S/C22H24BrN5O3/c1-14(15-6-5-7-17(10-15)25-21(30)22(2,3)4)26-27-20(29)19-9-8-18(31-19)13-28-12-16(23)11-24-28/h5-12H,13H2,1-4H3,(H,25,30)(H,27,29). The summed E-state index contributed by atoms with van der Waals surface area (Å²) in [4.78, 5) is 24.6. The SMILES string of the molecule is CC(=NNC(=O)c1ccc(Cn2cc(Br)cn2)o1)c1cccc(NC(=O)C(C)(C)C)c1. The number of anilines is 1. The molecule has 2 aromatic heterocycles. The molecular formula is C22H24BrN5O3. The molecule has 0 radical (unpaired) electrons. The molecule has 0 saturated carbocycles. The summed E-state index contributed by atoms with van der Waals surface area (Å²) in [6.07, 6.45) is 3.49. The first-order chi connectivity index (χ1) is 14.6. The summed E-state index contributed by atoms with van der Waals surface area (Å²) in [6, 6.07) is 10.6. The molecule has 3 rings (SSSR count). The van der Waals surface area contributed by atoms with Gasteiger partial charge in [-0.25, -0.2) is 5.43 Å². The fraction of sp³-hybridized carbons (Fsp3) is 0.273. The number of carbonyl (C=O) groups is 2. The van der Waals surface area contributed by atoms with Crippen LogP contribution in [0.5, 0.6) is 0 Å². The third-order valence-corrected chi connectivity index (χ3v) is 4.76. The van der Waals surface area contributed by atoms with Crippen LogP contribution in [0.15, 0.2) is 62.8 Å². The van der Waals surface area contributed by atoms with Crippen molar-refractivity contribution in [3.05, 3.63) is 70.3 Å². The number of amides is 2. The molecule has 0 unspecified atom stereocenters. The van der Waals surface area contributed by atoms with Gasteiger partial charge in [-0.1, -0.05) is 32.9 Å². The minimum atomic E-state index is -0.497. The first-order valence-electron chi connectivity index (χ1n) is 9.65. The predicted octanol–water partition coefficient (Wildman–Crippen LogP) is 4.43. The number of rotatable bonds is 6. The second kappa shape index (κ2) is 9.30. The zero-order valence-electron chi connectivity index (χ0n) is 17.8. The fourth-order valence-electron chi connectivity index (χ4n) is 2.56. The summed E-state index contributed by atoms with van der Waals surface area (Å²) in [5, 5.41) is 11.2. The summed E-state index contributed by atoms with van der Waals surface area (Å²) in [6.45, 7) is 7.73. The fourth-order valence-corrected chi connectivity index (χ4v) is 2.89. The van der Waals surface area contributed by atoms with Gasteiger partial charge < -0.3 is 9.73 Å². The molecule has 0 aliphatic rings. The minimum Gasteiger partial charge on any atom is -0.454 e. The number of benzene rings is 1. The van der Waals surface area contributed by atoms with Crippen molar-refractivity contribution >= 4 is 39.1 Å². The van der Waals surface area contributed by atoms with Crippen LogP contribution in [-0.4, -0.2) is 27.3 Å². The molecule has 0 aliphatic carbocycles. The Morgan fingerprint density at radius 1 is 1.23 bits per heavy atom.